The monoisotopic (exact) mass is 463 g/mol. The second-order valence-corrected chi connectivity index (χ2v) is 9.71. The van der Waals surface area contributed by atoms with Crippen LogP contribution in [0.2, 0.25) is 5.02 Å². The van der Waals surface area contributed by atoms with E-state index in [0.717, 1.165) is 55.9 Å². The van der Waals surface area contributed by atoms with Crippen LogP contribution < -0.4 is 15.4 Å². The number of benzene rings is 1. The summed E-state index contributed by atoms with van der Waals surface area (Å²) in [7, 11) is -4.15. The Kier molecular flexibility index (Phi) is 7.63. The van der Waals surface area contributed by atoms with Crippen molar-refractivity contribution in [3.05, 3.63) is 29.3 Å². The second kappa shape index (κ2) is 9.98. The highest BCUT2D eigenvalue weighted by Crippen LogP contribution is 2.29. The molecule has 0 bridgehead atoms. The summed E-state index contributed by atoms with van der Waals surface area (Å²) < 4.78 is 44.9. The number of hydrogen-bond donors (Lipinski definition) is 4. The van der Waals surface area contributed by atoms with Crippen molar-refractivity contribution in [2.24, 2.45) is 5.92 Å². The molecule has 0 spiro atoms. The van der Waals surface area contributed by atoms with Crippen LogP contribution in [0.5, 0.6) is 0 Å². The van der Waals surface area contributed by atoms with Gasteiger partial charge in [0.15, 0.2) is 0 Å². The second-order valence-electron chi connectivity index (χ2n) is 6.88. The molecule has 2 heterocycles. The van der Waals surface area contributed by atoms with Gasteiger partial charge in [0.25, 0.3) is 10.0 Å². The summed E-state index contributed by atoms with van der Waals surface area (Å²) in [6, 6.07) is 2.16. The minimum Gasteiger partial charge on any atom is -0.391 e. The number of nitrogens with one attached hydrogen (secondary N) is 3. The number of halogens is 2. The molecular formula is C17H23ClFN5O3S2. The molecule has 0 radical (unpaired) electrons. The van der Waals surface area contributed by atoms with Crippen LogP contribution in [0.4, 0.5) is 15.2 Å². The first kappa shape index (κ1) is 22.2. The summed E-state index contributed by atoms with van der Waals surface area (Å²) in [4.78, 5) is 3.17. The Balaban J connectivity index is 1.50. The Bertz CT molecular complexity index is 914. The number of sulfonamides is 1. The van der Waals surface area contributed by atoms with Crippen LogP contribution in [0.3, 0.4) is 0 Å². The van der Waals surface area contributed by atoms with E-state index >= 15 is 0 Å². The number of hydrogen-bond acceptors (Lipinski definition) is 8. The summed E-state index contributed by atoms with van der Waals surface area (Å²) in [5, 5.41) is 16.1. The maximum atomic E-state index is 14.4. The molecule has 1 aromatic heterocycles. The summed E-state index contributed by atoms with van der Waals surface area (Å²) >= 11 is 7.00. The minimum atomic E-state index is -4.15. The first-order valence-electron chi connectivity index (χ1n) is 9.28. The normalized spacial score (nSPS) is 19.4. The number of aliphatic hydroxyl groups excluding tert-OH is 1. The largest absolute Gasteiger partial charge is 0.391 e. The van der Waals surface area contributed by atoms with E-state index in [-0.39, 0.29) is 16.3 Å². The molecule has 1 aliphatic rings. The Morgan fingerprint density at radius 1 is 1.31 bits per heavy atom. The molecule has 29 heavy (non-hydrogen) atoms. The molecule has 0 unspecified atom stereocenters. The minimum absolute atomic E-state index is 0.0450. The average Bonchev–Trinajstić information content (AvgIpc) is 3.31. The number of aliphatic hydroxyl groups is 1. The van der Waals surface area contributed by atoms with E-state index in [1.165, 1.54) is 6.33 Å². The average molecular weight is 464 g/mol. The summed E-state index contributed by atoms with van der Waals surface area (Å²) in [6.07, 6.45) is 4.73. The standard InChI is InChI=1S/C17H23ClFN5O3S2/c18-12-6-16(29(26,27)24-17-22-10-23-28-17)13(19)7-14(12)21-5-3-1-2-4-11-8-20-9-15(11)25/h6-7,10-11,15,20-21,25H,1-5,8-9H2,(H,22,23,24)/t11-,15-/m0/s1. The summed E-state index contributed by atoms with van der Waals surface area (Å²) in [5.74, 6) is -0.591. The molecule has 8 nitrogen and oxygen atoms in total. The van der Waals surface area contributed by atoms with E-state index in [4.69, 9.17) is 11.6 Å². The molecule has 0 saturated carbocycles. The van der Waals surface area contributed by atoms with Crippen LogP contribution in [-0.2, 0) is 10.0 Å². The number of nitrogens with zero attached hydrogens (tertiary/aromatic N) is 2. The van der Waals surface area contributed by atoms with Gasteiger partial charge < -0.3 is 15.7 Å². The van der Waals surface area contributed by atoms with Gasteiger partial charge in [0.05, 0.1) is 16.8 Å². The summed E-state index contributed by atoms with van der Waals surface area (Å²) in [6.45, 7) is 2.11. The highest BCUT2D eigenvalue weighted by molar-refractivity contribution is 7.93. The molecule has 0 amide bonds. The summed E-state index contributed by atoms with van der Waals surface area (Å²) in [5.41, 5.74) is 0.342. The van der Waals surface area contributed by atoms with Gasteiger partial charge in [-0.2, -0.15) is 4.37 Å². The lowest BCUT2D eigenvalue weighted by Crippen LogP contribution is -2.17. The lowest BCUT2D eigenvalue weighted by molar-refractivity contribution is 0.141. The van der Waals surface area contributed by atoms with Gasteiger partial charge in [0, 0.05) is 31.2 Å². The van der Waals surface area contributed by atoms with Gasteiger partial charge in [-0.3, -0.25) is 4.72 Å². The van der Waals surface area contributed by atoms with Gasteiger partial charge in [-0.15, -0.1) is 0 Å². The number of anilines is 2. The number of β-amino-alcohol motifs (C(OH)–C–C–N with tert-alkyl or cyclic N) is 1. The van der Waals surface area contributed by atoms with Crippen molar-refractivity contribution in [2.45, 2.75) is 36.7 Å². The zero-order chi connectivity index (χ0) is 20.9. The van der Waals surface area contributed by atoms with Crippen LogP contribution in [0.1, 0.15) is 25.7 Å². The SMILES string of the molecule is O=S(=O)(Nc1ncns1)c1cc(Cl)c(NCCCCC[C@H]2CNC[C@@H]2O)cc1F. The Labute approximate surface area is 178 Å². The van der Waals surface area contributed by atoms with E-state index in [1.807, 2.05) is 0 Å². The van der Waals surface area contributed by atoms with Crippen molar-refractivity contribution in [3.8, 4) is 0 Å². The predicted molar refractivity (Wildman–Crippen MR) is 111 cm³/mol. The maximum Gasteiger partial charge on any atom is 0.266 e. The zero-order valence-corrected chi connectivity index (χ0v) is 18.0. The quantitative estimate of drug-likeness (QED) is 0.400. The van der Waals surface area contributed by atoms with E-state index in [1.54, 1.807) is 0 Å². The highest BCUT2D eigenvalue weighted by Gasteiger charge is 2.24. The van der Waals surface area contributed by atoms with Crippen molar-refractivity contribution in [2.75, 3.05) is 29.7 Å². The Hall–Kier alpha value is -1.53. The van der Waals surface area contributed by atoms with E-state index < -0.39 is 20.7 Å². The molecule has 1 fully saturated rings. The van der Waals surface area contributed by atoms with Gasteiger partial charge in [-0.25, -0.2) is 17.8 Å². The smallest absolute Gasteiger partial charge is 0.266 e. The Morgan fingerprint density at radius 3 is 2.83 bits per heavy atom. The van der Waals surface area contributed by atoms with Crippen LogP contribution in [0.15, 0.2) is 23.4 Å². The molecule has 1 saturated heterocycles. The van der Waals surface area contributed by atoms with Crippen LogP contribution >= 0.6 is 23.1 Å². The van der Waals surface area contributed by atoms with Crippen LogP contribution in [0, 0.1) is 11.7 Å². The first-order chi connectivity index (χ1) is 13.9. The van der Waals surface area contributed by atoms with Crippen molar-refractivity contribution in [3.63, 3.8) is 0 Å². The van der Waals surface area contributed by atoms with Crippen molar-refractivity contribution >= 4 is 44.0 Å². The lowest BCUT2D eigenvalue weighted by atomic mass is 9.98. The number of aromatic nitrogens is 2. The fourth-order valence-electron chi connectivity index (χ4n) is 3.20. The lowest BCUT2D eigenvalue weighted by Gasteiger charge is -2.13. The van der Waals surface area contributed by atoms with Crippen molar-refractivity contribution < 1.29 is 17.9 Å². The number of unbranched alkanes of at least 4 members (excludes halogenated alkanes) is 2. The molecule has 160 valence electrons. The zero-order valence-electron chi connectivity index (χ0n) is 15.6. The molecule has 0 aliphatic carbocycles. The molecule has 4 N–H and O–H groups in total. The highest BCUT2D eigenvalue weighted by atomic mass is 35.5. The third-order valence-electron chi connectivity index (χ3n) is 4.77. The first-order valence-corrected chi connectivity index (χ1v) is 11.9. The third-order valence-corrected chi connectivity index (χ3v) is 7.14. The van der Waals surface area contributed by atoms with Gasteiger partial charge in [-0.1, -0.05) is 24.4 Å². The fraction of sp³-hybridized carbons (Fsp3) is 0.529. The van der Waals surface area contributed by atoms with Crippen LogP contribution in [0.25, 0.3) is 0 Å². The maximum absolute atomic E-state index is 14.4. The molecule has 1 aromatic carbocycles. The van der Waals surface area contributed by atoms with Crippen molar-refractivity contribution in [1.82, 2.24) is 14.7 Å². The van der Waals surface area contributed by atoms with Gasteiger partial charge in [0.2, 0.25) is 5.13 Å². The van der Waals surface area contributed by atoms with Gasteiger partial charge in [0.1, 0.15) is 17.0 Å². The molecule has 2 atom stereocenters. The molecule has 2 aromatic rings. The van der Waals surface area contributed by atoms with Gasteiger partial charge in [-0.05, 0) is 30.9 Å². The molecule has 1 aliphatic heterocycles. The Morgan fingerprint density at radius 2 is 2.14 bits per heavy atom. The van der Waals surface area contributed by atoms with Crippen molar-refractivity contribution in [1.29, 1.82) is 0 Å². The van der Waals surface area contributed by atoms with E-state index in [0.29, 0.717) is 24.7 Å². The molecule has 3 rings (SSSR count). The van der Waals surface area contributed by atoms with E-state index in [9.17, 15) is 17.9 Å². The fourth-order valence-corrected chi connectivity index (χ4v) is 5.25. The molecular weight excluding hydrogens is 441 g/mol. The van der Waals surface area contributed by atoms with Crippen LogP contribution in [-0.4, -0.2) is 48.6 Å². The van der Waals surface area contributed by atoms with E-state index in [2.05, 4.69) is 24.7 Å². The third kappa shape index (κ3) is 5.98. The topological polar surface area (TPSA) is 116 Å². The predicted octanol–water partition coefficient (Wildman–Crippen LogP) is 2.68. The molecule has 12 heteroatoms. The van der Waals surface area contributed by atoms with Gasteiger partial charge >= 0.3 is 0 Å². The number of rotatable bonds is 10.